The first-order valence-corrected chi connectivity index (χ1v) is 8.69. The molecule has 3 aromatic carbocycles. The fourth-order valence-electron chi connectivity index (χ4n) is 2.84. The molecule has 0 saturated carbocycles. The van der Waals surface area contributed by atoms with Crippen molar-refractivity contribution in [2.75, 3.05) is 0 Å². The van der Waals surface area contributed by atoms with Gasteiger partial charge in [0, 0.05) is 5.56 Å². The second-order valence-electron chi connectivity index (χ2n) is 6.00. The Morgan fingerprint density at radius 1 is 0.920 bits per heavy atom. The summed E-state index contributed by atoms with van der Waals surface area (Å²) in [7, 11) is 0. The minimum absolute atomic E-state index is 0.179. The van der Waals surface area contributed by atoms with Crippen LogP contribution in [0.3, 0.4) is 0 Å². The van der Waals surface area contributed by atoms with Crippen molar-refractivity contribution in [3.8, 4) is 0 Å². The second-order valence-corrected chi connectivity index (χ2v) is 6.00. The van der Waals surface area contributed by atoms with Gasteiger partial charge in [-0.2, -0.15) is 5.10 Å². The Hall–Kier alpha value is -2.94. The quantitative estimate of drug-likeness (QED) is 0.492. The number of nitrogens with zero attached hydrogens (tertiary/aromatic N) is 1. The van der Waals surface area contributed by atoms with Crippen LogP contribution in [-0.2, 0) is 0 Å². The predicted octanol–water partition coefficient (Wildman–Crippen LogP) is 5.16. The molecule has 0 aromatic heterocycles. The van der Waals surface area contributed by atoms with Crippen LogP contribution in [0, 0.1) is 0 Å². The highest BCUT2D eigenvalue weighted by Crippen LogP contribution is 2.18. The molecule has 0 unspecified atom stereocenters. The summed E-state index contributed by atoms with van der Waals surface area (Å²) in [6.45, 7) is 2.15. The molecule has 3 rings (SSSR count). The first-order valence-electron chi connectivity index (χ1n) is 8.69. The monoisotopic (exact) mass is 330 g/mol. The van der Waals surface area contributed by atoms with Gasteiger partial charge in [-0.1, -0.05) is 80.1 Å². The third-order valence-electron chi connectivity index (χ3n) is 4.20. The topological polar surface area (TPSA) is 41.5 Å². The van der Waals surface area contributed by atoms with Crippen LogP contribution in [0.25, 0.3) is 10.8 Å². The fraction of sp³-hybridized carbons (Fsp3) is 0.182. The number of amides is 1. The Kier molecular flexibility index (Phi) is 5.57. The zero-order valence-corrected chi connectivity index (χ0v) is 14.4. The fourth-order valence-corrected chi connectivity index (χ4v) is 2.84. The summed E-state index contributed by atoms with van der Waals surface area (Å²) in [4.78, 5) is 12.7. The van der Waals surface area contributed by atoms with Gasteiger partial charge in [-0.05, 0) is 35.2 Å². The third-order valence-corrected chi connectivity index (χ3v) is 4.20. The second kappa shape index (κ2) is 8.25. The molecule has 0 fully saturated rings. The van der Waals surface area contributed by atoms with Crippen LogP contribution >= 0.6 is 0 Å². The first-order chi connectivity index (χ1) is 12.3. The van der Waals surface area contributed by atoms with Crippen LogP contribution in [0.4, 0.5) is 0 Å². The molecule has 1 amide bonds. The largest absolute Gasteiger partial charge is 0.272 e. The first kappa shape index (κ1) is 16.9. The van der Waals surface area contributed by atoms with E-state index in [9.17, 15) is 4.79 Å². The van der Waals surface area contributed by atoms with E-state index in [2.05, 4.69) is 17.5 Å². The standard InChI is InChI=1S/C22H22N2O/c1-2-3-16-21(18-11-5-4-6-12-18)23-24-22(25)20-15-9-13-17-10-7-8-14-19(17)20/h4-15H,2-3,16H2,1H3,(H,24,25). The highest BCUT2D eigenvalue weighted by Gasteiger charge is 2.10. The van der Waals surface area contributed by atoms with Crippen LogP contribution in [-0.4, -0.2) is 11.6 Å². The van der Waals surface area contributed by atoms with E-state index in [1.165, 1.54) is 0 Å². The maximum atomic E-state index is 12.7. The number of fused-ring (bicyclic) bond motifs is 1. The van der Waals surface area contributed by atoms with Crippen LogP contribution in [0.1, 0.15) is 42.1 Å². The number of carbonyl (C=O) groups is 1. The van der Waals surface area contributed by atoms with E-state index in [-0.39, 0.29) is 5.91 Å². The Balaban J connectivity index is 1.85. The Labute approximate surface area is 148 Å². The highest BCUT2D eigenvalue weighted by molar-refractivity contribution is 6.08. The molecule has 0 aliphatic carbocycles. The average Bonchev–Trinajstić information content (AvgIpc) is 2.68. The van der Waals surface area contributed by atoms with E-state index in [0.717, 1.165) is 41.3 Å². The van der Waals surface area contributed by atoms with Crippen molar-refractivity contribution in [1.82, 2.24) is 5.43 Å². The molecular weight excluding hydrogens is 308 g/mol. The number of hydrogen-bond acceptors (Lipinski definition) is 2. The van der Waals surface area contributed by atoms with Gasteiger partial charge in [-0.15, -0.1) is 0 Å². The molecule has 0 aliphatic heterocycles. The Morgan fingerprint density at radius 2 is 1.64 bits per heavy atom. The summed E-state index contributed by atoms with van der Waals surface area (Å²) < 4.78 is 0. The minimum atomic E-state index is -0.179. The van der Waals surface area contributed by atoms with E-state index >= 15 is 0 Å². The number of benzene rings is 3. The van der Waals surface area contributed by atoms with Gasteiger partial charge in [0.25, 0.3) is 5.91 Å². The third kappa shape index (κ3) is 4.13. The van der Waals surface area contributed by atoms with Crippen molar-refractivity contribution < 1.29 is 4.79 Å². The summed E-state index contributed by atoms with van der Waals surface area (Å²) in [5.41, 5.74) is 5.35. The molecule has 3 heteroatoms. The van der Waals surface area contributed by atoms with Crippen molar-refractivity contribution >= 4 is 22.4 Å². The Bertz CT molecular complexity index is 879. The van der Waals surface area contributed by atoms with Crippen LogP contribution in [0.5, 0.6) is 0 Å². The average molecular weight is 330 g/mol. The number of hydrogen-bond donors (Lipinski definition) is 1. The van der Waals surface area contributed by atoms with Crippen LogP contribution in [0.15, 0.2) is 77.9 Å². The number of carbonyl (C=O) groups excluding carboxylic acids is 1. The molecule has 0 saturated heterocycles. The number of hydrazone groups is 1. The highest BCUT2D eigenvalue weighted by atomic mass is 16.2. The lowest BCUT2D eigenvalue weighted by molar-refractivity contribution is 0.0956. The van der Waals surface area contributed by atoms with E-state index in [1.807, 2.05) is 72.8 Å². The van der Waals surface area contributed by atoms with Crippen molar-refractivity contribution in [2.45, 2.75) is 26.2 Å². The number of rotatable bonds is 6. The zero-order valence-electron chi connectivity index (χ0n) is 14.4. The van der Waals surface area contributed by atoms with Gasteiger partial charge in [0.2, 0.25) is 0 Å². The summed E-state index contributed by atoms with van der Waals surface area (Å²) in [5.74, 6) is -0.179. The molecule has 1 N–H and O–H groups in total. The van der Waals surface area contributed by atoms with Crippen molar-refractivity contribution in [1.29, 1.82) is 0 Å². The molecule has 0 radical (unpaired) electrons. The van der Waals surface area contributed by atoms with Crippen molar-refractivity contribution in [3.05, 3.63) is 83.9 Å². The maximum absolute atomic E-state index is 12.7. The molecule has 0 aliphatic rings. The molecule has 0 atom stereocenters. The lowest BCUT2D eigenvalue weighted by Gasteiger charge is -2.08. The zero-order chi connectivity index (χ0) is 17.5. The summed E-state index contributed by atoms with van der Waals surface area (Å²) >= 11 is 0. The summed E-state index contributed by atoms with van der Waals surface area (Å²) in [5, 5.41) is 6.42. The van der Waals surface area contributed by atoms with Crippen molar-refractivity contribution in [2.24, 2.45) is 5.10 Å². The van der Waals surface area contributed by atoms with Gasteiger partial charge in [-0.25, -0.2) is 5.43 Å². The molecule has 126 valence electrons. The number of unbranched alkanes of at least 4 members (excludes halogenated alkanes) is 1. The van der Waals surface area contributed by atoms with E-state index in [0.29, 0.717) is 5.56 Å². The summed E-state index contributed by atoms with van der Waals surface area (Å²) in [6, 6.07) is 23.6. The van der Waals surface area contributed by atoms with E-state index < -0.39 is 0 Å². The molecule has 0 bridgehead atoms. The van der Waals surface area contributed by atoms with Gasteiger partial charge < -0.3 is 0 Å². The minimum Gasteiger partial charge on any atom is -0.267 e. The van der Waals surface area contributed by atoms with E-state index in [4.69, 9.17) is 0 Å². The molecule has 3 aromatic rings. The lowest BCUT2D eigenvalue weighted by Crippen LogP contribution is -2.20. The predicted molar refractivity (Wildman–Crippen MR) is 104 cm³/mol. The lowest BCUT2D eigenvalue weighted by atomic mass is 10.0. The molecule has 3 nitrogen and oxygen atoms in total. The van der Waals surface area contributed by atoms with Gasteiger partial charge in [-0.3, -0.25) is 4.79 Å². The van der Waals surface area contributed by atoms with Gasteiger partial charge >= 0.3 is 0 Å². The molecular formula is C22H22N2O. The Morgan fingerprint density at radius 3 is 2.44 bits per heavy atom. The SMILES string of the molecule is CCCCC(=NNC(=O)c1cccc2ccccc12)c1ccccc1. The molecule has 0 heterocycles. The van der Waals surface area contributed by atoms with E-state index in [1.54, 1.807) is 0 Å². The van der Waals surface area contributed by atoms with Gasteiger partial charge in [0.15, 0.2) is 0 Å². The number of nitrogens with one attached hydrogen (secondary N) is 1. The van der Waals surface area contributed by atoms with Crippen LogP contribution < -0.4 is 5.43 Å². The molecule has 25 heavy (non-hydrogen) atoms. The van der Waals surface area contributed by atoms with Crippen LogP contribution in [0.2, 0.25) is 0 Å². The summed E-state index contributed by atoms with van der Waals surface area (Å²) in [6.07, 6.45) is 2.97. The smallest absolute Gasteiger partial charge is 0.267 e. The van der Waals surface area contributed by atoms with Gasteiger partial charge in [0.05, 0.1) is 5.71 Å². The maximum Gasteiger partial charge on any atom is 0.272 e. The van der Waals surface area contributed by atoms with Gasteiger partial charge in [0.1, 0.15) is 0 Å². The molecule has 0 spiro atoms. The van der Waals surface area contributed by atoms with Crippen molar-refractivity contribution in [3.63, 3.8) is 0 Å². The normalized spacial score (nSPS) is 11.5.